The normalized spacial score (nSPS) is 18.1. The average molecular weight is 402 g/mol. The van der Waals surface area contributed by atoms with Crippen LogP contribution in [0.15, 0.2) is 0 Å². The summed E-state index contributed by atoms with van der Waals surface area (Å²) in [4.78, 5) is 24.0. The summed E-state index contributed by atoms with van der Waals surface area (Å²) >= 11 is 0. The third-order valence-corrected chi connectivity index (χ3v) is 4.47. The molecule has 0 aliphatic heterocycles. The van der Waals surface area contributed by atoms with Crippen LogP contribution in [0.4, 0.5) is 22.0 Å². The summed E-state index contributed by atoms with van der Waals surface area (Å²) in [5, 5.41) is 0. The van der Waals surface area contributed by atoms with Gasteiger partial charge in [-0.1, -0.05) is 27.2 Å². The molecule has 0 radical (unpaired) electrons. The lowest BCUT2D eigenvalue weighted by Crippen LogP contribution is -2.43. The monoisotopic (exact) mass is 402 g/mol. The van der Waals surface area contributed by atoms with E-state index < -0.39 is 42.7 Å². The van der Waals surface area contributed by atoms with Gasteiger partial charge in [-0.3, -0.25) is 9.59 Å². The zero-order chi connectivity index (χ0) is 20.9. The van der Waals surface area contributed by atoms with E-state index in [1.807, 2.05) is 20.8 Å². The number of ether oxygens (including phenoxy) is 2. The molecule has 0 spiro atoms. The average Bonchev–Trinajstić information content (AvgIpc) is 2.50. The fraction of sp³-hybridized carbons (Fsp3) is 0.889. The molecule has 1 saturated carbocycles. The molecule has 27 heavy (non-hydrogen) atoms. The molecule has 0 bridgehead atoms. The van der Waals surface area contributed by atoms with Gasteiger partial charge in [0.2, 0.25) is 0 Å². The SMILES string of the molecule is CC(C)(C)CCC(=O)OC1(CC(=O)OCC(F)(F)C(F)(F)F)CCCCC1. The molecule has 0 atom stereocenters. The van der Waals surface area contributed by atoms with Crippen LogP contribution in [0.25, 0.3) is 0 Å². The molecule has 0 saturated heterocycles. The Morgan fingerprint density at radius 1 is 0.926 bits per heavy atom. The van der Waals surface area contributed by atoms with Crippen molar-refractivity contribution in [3.63, 3.8) is 0 Å². The van der Waals surface area contributed by atoms with Gasteiger partial charge < -0.3 is 9.47 Å². The minimum absolute atomic E-state index is 0.0964. The second kappa shape index (κ2) is 8.73. The van der Waals surface area contributed by atoms with Crippen molar-refractivity contribution in [3.8, 4) is 0 Å². The van der Waals surface area contributed by atoms with Gasteiger partial charge in [0.25, 0.3) is 0 Å². The van der Waals surface area contributed by atoms with Gasteiger partial charge in [-0.05, 0) is 37.5 Å². The maximum absolute atomic E-state index is 12.9. The molecule has 1 rings (SSSR count). The Morgan fingerprint density at radius 2 is 1.48 bits per heavy atom. The Hall–Kier alpha value is -1.41. The van der Waals surface area contributed by atoms with Crippen LogP contribution in [0.2, 0.25) is 0 Å². The first-order valence-electron chi connectivity index (χ1n) is 8.98. The Kier molecular flexibility index (Phi) is 7.64. The Bertz CT molecular complexity index is 517. The topological polar surface area (TPSA) is 52.6 Å². The van der Waals surface area contributed by atoms with Gasteiger partial charge in [-0.25, -0.2) is 0 Å². The van der Waals surface area contributed by atoms with Crippen LogP contribution in [-0.4, -0.2) is 36.2 Å². The Morgan fingerprint density at radius 3 is 1.96 bits per heavy atom. The maximum Gasteiger partial charge on any atom is 0.456 e. The molecule has 0 amide bonds. The van der Waals surface area contributed by atoms with Crippen molar-refractivity contribution in [1.82, 2.24) is 0 Å². The number of rotatable bonds is 7. The second-order valence-corrected chi connectivity index (χ2v) is 8.32. The summed E-state index contributed by atoms with van der Waals surface area (Å²) in [6.45, 7) is 3.78. The van der Waals surface area contributed by atoms with Crippen molar-refractivity contribution < 1.29 is 41.0 Å². The van der Waals surface area contributed by atoms with Crippen LogP contribution in [0.1, 0.15) is 72.1 Å². The number of hydrogen-bond donors (Lipinski definition) is 0. The zero-order valence-electron chi connectivity index (χ0n) is 15.9. The molecule has 0 heterocycles. The van der Waals surface area contributed by atoms with E-state index in [2.05, 4.69) is 4.74 Å². The Balaban J connectivity index is 2.68. The van der Waals surface area contributed by atoms with Gasteiger partial charge in [-0.2, -0.15) is 22.0 Å². The van der Waals surface area contributed by atoms with Gasteiger partial charge in [0, 0.05) is 6.42 Å². The van der Waals surface area contributed by atoms with E-state index in [9.17, 15) is 31.5 Å². The molecule has 9 heteroatoms. The van der Waals surface area contributed by atoms with Gasteiger partial charge in [0.05, 0.1) is 6.42 Å². The van der Waals surface area contributed by atoms with Crippen molar-refractivity contribution in [3.05, 3.63) is 0 Å². The minimum atomic E-state index is -5.80. The summed E-state index contributed by atoms with van der Waals surface area (Å²) in [5.74, 6) is -6.86. The molecule has 1 fully saturated rings. The molecule has 158 valence electrons. The number of halogens is 5. The number of hydrogen-bond acceptors (Lipinski definition) is 4. The van der Waals surface area contributed by atoms with Gasteiger partial charge in [0.1, 0.15) is 5.60 Å². The van der Waals surface area contributed by atoms with E-state index in [1.165, 1.54) is 0 Å². The summed E-state index contributed by atoms with van der Waals surface area (Å²) < 4.78 is 71.9. The van der Waals surface area contributed by atoms with Gasteiger partial charge in [-0.15, -0.1) is 0 Å². The predicted molar refractivity (Wildman–Crippen MR) is 87.2 cm³/mol. The lowest BCUT2D eigenvalue weighted by Gasteiger charge is -2.36. The molecule has 1 aliphatic rings. The van der Waals surface area contributed by atoms with E-state index in [-0.39, 0.29) is 11.8 Å². The first kappa shape index (κ1) is 23.6. The zero-order valence-corrected chi connectivity index (χ0v) is 15.9. The van der Waals surface area contributed by atoms with Crippen LogP contribution < -0.4 is 0 Å². The lowest BCUT2D eigenvalue weighted by atomic mass is 9.82. The second-order valence-electron chi connectivity index (χ2n) is 8.32. The molecule has 0 aromatic heterocycles. The third kappa shape index (κ3) is 8.01. The predicted octanol–water partition coefficient (Wildman–Crippen LogP) is 5.19. The fourth-order valence-electron chi connectivity index (χ4n) is 2.85. The Labute approximate surface area is 155 Å². The van der Waals surface area contributed by atoms with Crippen LogP contribution in [0.5, 0.6) is 0 Å². The van der Waals surface area contributed by atoms with Crippen molar-refractivity contribution in [1.29, 1.82) is 0 Å². The quantitative estimate of drug-likeness (QED) is 0.434. The number of carbonyl (C=O) groups excluding carboxylic acids is 2. The third-order valence-electron chi connectivity index (χ3n) is 4.47. The summed E-state index contributed by atoms with van der Waals surface area (Å²) in [5.41, 5.74) is -1.29. The van der Waals surface area contributed by atoms with Crippen molar-refractivity contribution >= 4 is 11.9 Å². The molecule has 0 unspecified atom stereocenters. The molecule has 1 aliphatic carbocycles. The molecule has 0 aromatic carbocycles. The van der Waals surface area contributed by atoms with E-state index in [0.29, 0.717) is 32.1 Å². The van der Waals surface area contributed by atoms with E-state index in [1.54, 1.807) is 0 Å². The fourth-order valence-corrected chi connectivity index (χ4v) is 2.85. The van der Waals surface area contributed by atoms with Crippen molar-refractivity contribution in [2.24, 2.45) is 5.41 Å². The minimum Gasteiger partial charge on any atom is -0.459 e. The van der Waals surface area contributed by atoms with Gasteiger partial charge >= 0.3 is 24.0 Å². The summed E-state index contributed by atoms with van der Waals surface area (Å²) in [6.07, 6.45) is -2.74. The number of carbonyl (C=O) groups is 2. The highest BCUT2D eigenvalue weighted by molar-refractivity contribution is 5.73. The molecular formula is C18H27F5O4. The van der Waals surface area contributed by atoms with Crippen LogP contribution in [0, 0.1) is 5.41 Å². The van der Waals surface area contributed by atoms with Crippen LogP contribution in [-0.2, 0) is 19.1 Å². The molecule has 0 N–H and O–H groups in total. The maximum atomic E-state index is 12.9. The molecular weight excluding hydrogens is 375 g/mol. The van der Waals surface area contributed by atoms with Crippen LogP contribution in [0.3, 0.4) is 0 Å². The summed E-state index contributed by atoms with van der Waals surface area (Å²) in [6, 6.07) is 0. The highest BCUT2D eigenvalue weighted by Crippen LogP contribution is 2.38. The number of esters is 2. The standard InChI is InChI=1S/C18H27F5O4/c1-15(2,3)10-7-13(24)27-16(8-5-4-6-9-16)11-14(25)26-12-17(19,20)18(21,22)23/h4-12H2,1-3H3. The lowest BCUT2D eigenvalue weighted by molar-refractivity contribution is -0.294. The number of alkyl halides is 5. The molecule has 4 nitrogen and oxygen atoms in total. The van der Waals surface area contributed by atoms with E-state index >= 15 is 0 Å². The first-order valence-corrected chi connectivity index (χ1v) is 8.98. The van der Waals surface area contributed by atoms with Crippen LogP contribution >= 0.6 is 0 Å². The summed E-state index contributed by atoms with van der Waals surface area (Å²) in [7, 11) is 0. The smallest absolute Gasteiger partial charge is 0.456 e. The largest absolute Gasteiger partial charge is 0.459 e. The van der Waals surface area contributed by atoms with E-state index in [0.717, 1.165) is 6.42 Å². The highest BCUT2D eigenvalue weighted by Gasteiger charge is 2.58. The van der Waals surface area contributed by atoms with Gasteiger partial charge in [0.15, 0.2) is 6.61 Å². The van der Waals surface area contributed by atoms with Crippen molar-refractivity contribution in [2.75, 3.05) is 6.61 Å². The van der Waals surface area contributed by atoms with E-state index in [4.69, 9.17) is 4.74 Å². The van der Waals surface area contributed by atoms with Crippen molar-refractivity contribution in [2.45, 2.75) is 89.8 Å². The first-order chi connectivity index (χ1) is 12.2. The molecule has 0 aromatic rings. The highest BCUT2D eigenvalue weighted by atomic mass is 19.4.